The Bertz CT molecular complexity index is 650. The van der Waals surface area contributed by atoms with Gasteiger partial charge in [-0.2, -0.15) is 10.2 Å². The molecule has 2 aromatic rings. The van der Waals surface area contributed by atoms with Crippen molar-refractivity contribution in [3.05, 3.63) is 69.9 Å². The number of hydrazone groups is 2. The van der Waals surface area contributed by atoms with Crippen LogP contribution in [0.4, 0.5) is 4.39 Å². The Morgan fingerprint density at radius 1 is 0.800 bits per heavy atom. The normalized spacial score (nSPS) is 13.9. The van der Waals surface area contributed by atoms with Gasteiger partial charge in [-0.1, -0.05) is 46.3 Å². The van der Waals surface area contributed by atoms with Crippen LogP contribution in [0.1, 0.15) is 11.1 Å². The summed E-state index contributed by atoms with van der Waals surface area (Å²) in [5.74, 6) is 0.566. The molecule has 0 saturated carbocycles. The second-order valence-corrected chi connectivity index (χ2v) is 4.96. The Morgan fingerprint density at radius 3 is 1.95 bits per heavy atom. The van der Waals surface area contributed by atoms with E-state index >= 15 is 0 Å². The van der Waals surface area contributed by atoms with Crippen molar-refractivity contribution >= 4 is 27.6 Å². The zero-order valence-electron chi connectivity index (χ0n) is 10.3. The molecule has 0 saturated heterocycles. The second-order valence-electron chi connectivity index (χ2n) is 4.10. The minimum atomic E-state index is -0.347. The molecular weight excluding hydrogens is 323 g/mol. The molecule has 100 valence electrons. The van der Waals surface area contributed by atoms with E-state index in [1.54, 1.807) is 18.2 Å². The molecule has 1 heterocycles. The lowest BCUT2D eigenvalue weighted by molar-refractivity contribution is 0.623. The number of rotatable bonds is 2. The third kappa shape index (κ3) is 2.42. The third-order valence-corrected chi connectivity index (χ3v) is 3.50. The fraction of sp³-hybridized carbons (Fsp3) is 0. The quantitative estimate of drug-likeness (QED) is 0.888. The summed E-state index contributed by atoms with van der Waals surface area (Å²) >= 11 is 3.45. The van der Waals surface area contributed by atoms with Gasteiger partial charge in [-0.3, -0.25) is 10.9 Å². The molecule has 2 aromatic carbocycles. The zero-order chi connectivity index (χ0) is 13.9. The minimum Gasteiger partial charge on any atom is -0.257 e. The van der Waals surface area contributed by atoms with Crippen LogP contribution in [0, 0.1) is 5.82 Å². The summed E-state index contributed by atoms with van der Waals surface area (Å²) < 4.78 is 14.6. The van der Waals surface area contributed by atoms with Crippen LogP contribution in [0.2, 0.25) is 0 Å². The standard InChI is InChI=1S/C14H10BrFN4/c15-11-7-3-1-5-9(11)13-17-19-14(20-18-13)10-6-2-4-8-12(10)16/h1-8H,(H,17,18)(H,19,20). The van der Waals surface area contributed by atoms with E-state index in [4.69, 9.17) is 0 Å². The highest BCUT2D eigenvalue weighted by Gasteiger charge is 2.15. The molecule has 20 heavy (non-hydrogen) atoms. The predicted octanol–water partition coefficient (Wildman–Crippen LogP) is 2.80. The van der Waals surface area contributed by atoms with E-state index in [1.165, 1.54) is 6.07 Å². The number of amidine groups is 2. The van der Waals surface area contributed by atoms with Gasteiger partial charge in [0.15, 0.2) is 11.7 Å². The SMILES string of the molecule is Fc1ccccc1C1=NNC(c2ccccc2Br)=NN1. The van der Waals surface area contributed by atoms with E-state index in [9.17, 15) is 4.39 Å². The molecule has 1 aliphatic heterocycles. The minimum absolute atomic E-state index is 0.346. The first-order valence-electron chi connectivity index (χ1n) is 5.93. The van der Waals surface area contributed by atoms with E-state index in [-0.39, 0.29) is 5.82 Å². The molecule has 0 fully saturated rings. The maximum absolute atomic E-state index is 13.7. The predicted molar refractivity (Wildman–Crippen MR) is 79.9 cm³/mol. The number of benzene rings is 2. The highest BCUT2D eigenvalue weighted by Crippen LogP contribution is 2.17. The lowest BCUT2D eigenvalue weighted by Crippen LogP contribution is -2.35. The lowest BCUT2D eigenvalue weighted by atomic mass is 10.2. The molecule has 0 aliphatic carbocycles. The highest BCUT2D eigenvalue weighted by atomic mass is 79.9. The van der Waals surface area contributed by atoms with Gasteiger partial charge in [0, 0.05) is 10.0 Å². The number of hydrogen-bond donors (Lipinski definition) is 2. The van der Waals surface area contributed by atoms with E-state index in [0.29, 0.717) is 17.2 Å². The molecule has 0 aromatic heterocycles. The van der Waals surface area contributed by atoms with Crippen molar-refractivity contribution in [2.75, 3.05) is 0 Å². The molecule has 0 spiro atoms. The zero-order valence-corrected chi connectivity index (χ0v) is 11.9. The van der Waals surface area contributed by atoms with Gasteiger partial charge in [-0.25, -0.2) is 4.39 Å². The number of hydrogen-bond acceptors (Lipinski definition) is 4. The van der Waals surface area contributed by atoms with Crippen molar-refractivity contribution < 1.29 is 4.39 Å². The van der Waals surface area contributed by atoms with Crippen molar-refractivity contribution in [3.63, 3.8) is 0 Å². The maximum atomic E-state index is 13.7. The molecule has 2 N–H and O–H groups in total. The van der Waals surface area contributed by atoms with Gasteiger partial charge in [0.05, 0.1) is 5.56 Å². The summed E-state index contributed by atoms with van der Waals surface area (Å²) in [4.78, 5) is 0. The lowest BCUT2D eigenvalue weighted by Gasteiger charge is -2.16. The summed E-state index contributed by atoms with van der Waals surface area (Å²) in [7, 11) is 0. The fourth-order valence-electron chi connectivity index (χ4n) is 1.82. The summed E-state index contributed by atoms with van der Waals surface area (Å²) in [6.07, 6.45) is 0. The second kappa shape index (κ2) is 5.42. The van der Waals surface area contributed by atoms with Gasteiger partial charge >= 0.3 is 0 Å². The van der Waals surface area contributed by atoms with Crippen molar-refractivity contribution in [2.45, 2.75) is 0 Å². The van der Waals surface area contributed by atoms with Crippen LogP contribution in [0.15, 0.2) is 63.2 Å². The average molecular weight is 333 g/mol. The Hall–Kier alpha value is -2.21. The molecule has 4 nitrogen and oxygen atoms in total. The third-order valence-electron chi connectivity index (χ3n) is 2.81. The smallest absolute Gasteiger partial charge is 0.176 e. The molecule has 0 amide bonds. The van der Waals surface area contributed by atoms with E-state index in [1.807, 2.05) is 24.3 Å². The summed E-state index contributed by atoms with van der Waals surface area (Å²) in [5.41, 5.74) is 6.84. The molecule has 0 atom stereocenters. The van der Waals surface area contributed by atoms with E-state index in [0.717, 1.165) is 10.0 Å². The van der Waals surface area contributed by atoms with Crippen molar-refractivity contribution in [1.29, 1.82) is 0 Å². The van der Waals surface area contributed by atoms with E-state index in [2.05, 4.69) is 37.0 Å². The molecule has 6 heteroatoms. The van der Waals surface area contributed by atoms with Crippen molar-refractivity contribution in [3.8, 4) is 0 Å². The van der Waals surface area contributed by atoms with Crippen LogP contribution in [0.3, 0.4) is 0 Å². The average Bonchev–Trinajstić information content (AvgIpc) is 2.49. The van der Waals surface area contributed by atoms with Crippen LogP contribution in [-0.2, 0) is 0 Å². The van der Waals surface area contributed by atoms with Crippen LogP contribution >= 0.6 is 15.9 Å². The number of nitrogens with zero attached hydrogens (tertiary/aromatic N) is 2. The first-order chi connectivity index (χ1) is 9.75. The molecule has 3 rings (SSSR count). The van der Waals surface area contributed by atoms with Gasteiger partial charge in [0.25, 0.3) is 0 Å². The topological polar surface area (TPSA) is 48.8 Å². The van der Waals surface area contributed by atoms with Gasteiger partial charge in [-0.15, -0.1) is 0 Å². The molecule has 0 bridgehead atoms. The Morgan fingerprint density at radius 2 is 1.35 bits per heavy atom. The Kier molecular flexibility index (Phi) is 3.47. The van der Waals surface area contributed by atoms with Crippen LogP contribution < -0.4 is 10.9 Å². The van der Waals surface area contributed by atoms with Crippen LogP contribution in [0.5, 0.6) is 0 Å². The van der Waals surface area contributed by atoms with Gasteiger partial charge in [-0.05, 0) is 18.2 Å². The van der Waals surface area contributed by atoms with Crippen LogP contribution in [-0.4, -0.2) is 11.7 Å². The molecule has 0 unspecified atom stereocenters. The monoisotopic (exact) mass is 332 g/mol. The van der Waals surface area contributed by atoms with Crippen LogP contribution in [0.25, 0.3) is 0 Å². The van der Waals surface area contributed by atoms with E-state index < -0.39 is 0 Å². The number of nitrogens with one attached hydrogen (secondary N) is 2. The highest BCUT2D eigenvalue weighted by molar-refractivity contribution is 9.10. The first kappa shape index (κ1) is 12.8. The summed E-state index contributed by atoms with van der Waals surface area (Å²) in [6.45, 7) is 0. The largest absolute Gasteiger partial charge is 0.257 e. The molecule has 1 aliphatic rings. The van der Waals surface area contributed by atoms with Gasteiger partial charge in [0.2, 0.25) is 0 Å². The molecular formula is C14H10BrFN4. The first-order valence-corrected chi connectivity index (χ1v) is 6.72. The summed E-state index contributed by atoms with van der Waals surface area (Å²) in [6, 6.07) is 14.0. The van der Waals surface area contributed by atoms with Gasteiger partial charge < -0.3 is 0 Å². The van der Waals surface area contributed by atoms with Crippen molar-refractivity contribution in [2.24, 2.45) is 10.2 Å². The fourth-order valence-corrected chi connectivity index (χ4v) is 2.29. The number of halogens is 2. The van der Waals surface area contributed by atoms with Crippen molar-refractivity contribution in [1.82, 2.24) is 10.9 Å². The maximum Gasteiger partial charge on any atom is 0.176 e. The Balaban J connectivity index is 1.85. The van der Waals surface area contributed by atoms with Gasteiger partial charge in [0.1, 0.15) is 5.82 Å². The molecule has 0 radical (unpaired) electrons. The summed E-state index contributed by atoms with van der Waals surface area (Å²) in [5, 5.41) is 8.31. The Labute approximate surface area is 123 Å².